The second-order valence-corrected chi connectivity index (χ2v) is 5.15. The van der Waals surface area contributed by atoms with E-state index in [2.05, 4.69) is 10.3 Å². The van der Waals surface area contributed by atoms with Gasteiger partial charge in [0, 0.05) is 13.0 Å². The average molecular weight is 282 g/mol. The van der Waals surface area contributed by atoms with Crippen LogP contribution in [-0.4, -0.2) is 28.5 Å². The van der Waals surface area contributed by atoms with Gasteiger partial charge in [-0.15, -0.1) is 0 Å². The summed E-state index contributed by atoms with van der Waals surface area (Å²) in [4.78, 5) is 26.0. The van der Waals surface area contributed by atoms with E-state index in [0.717, 1.165) is 6.07 Å². The highest BCUT2D eigenvalue weighted by Gasteiger charge is 2.17. The number of carbonyl (C=O) groups is 2. The highest BCUT2D eigenvalue weighted by Crippen LogP contribution is 2.14. The molecule has 5 nitrogen and oxygen atoms in total. The molecular weight excluding hydrogens is 263 g/mol. The van der Waals surface area contributed by atoms with Crippen molar-refractivity contribution < 1.29 is 19.1 Å². The van der Waals surface area contributed by atoms with E-state index in [9.17, 15) is 14.0 Å². The Labute approximate surface area is 117 Å². The molecule has 0 saturated heterocycles. The molecule has 1 aromatic heterocycles. The standard InChI is InChI=1S/C14H19FN2O3/c1-9(2)6-10(7-13(18)19)8-16-14(20)11-4-3-5-12(15)17-11/h3-5,9-10H,6-8H2,1-2H3,(H,16,20)(H,18,19). The number of carboxylic acid groups (broad SMARTS) is 1. The fourth-order valence-corrected chi connectivity index (χ4v) is 2.01. The van der Waals surface area contributed by atoms with Crippen LogP contribution < -0.4 is 5.32 Å². The lowest BCUT2D eigenvalue weighted by atomic mass is 9.94. The lowest BCUT2D eigenvalue weighted by Crippen LogP contribution is -2.31. The topological polar surface area (TPSA) is 79.3 Å². The van der Waals surface area contributed by atoms with Gasteiger partial charge in [-0.25, -0.2) is 4.98 Å². The highest BCUT2D eigenvalue weighted by molar-refractivity contribution is 5.92. The summed E-state index contributed by atoms with van der Waals surface area (Å²) in [7, 11) is 0. The van der Waals surface area contributed by atoms with Crippen LogP contribution in [-0.2, 0) is 4.79 Å². The van der Waals surface area contributed by atoms with Crippen molar-refractivity contribution in [3.05, 3.63) is 29.8 Å². The Kier molecular flexibility index (Phi) is 6.09. The van der Waals surface area contributed by atoms with E-state index in [-0.39, 0.29) is 24.6 Å². The average Bonchev–Trinajstić information content (AvgIpc) is 2.34. The number of halogens is 1. The number of amides is 1. The molecule has 0 aliphatic rings. The maximum Gasteiger partial charge on any atom is 0.303 e. The van der Waals surface area contributed by atoms with Gasteiger partial charge in [-0.05, 0) is 30.4 Å². The van der Waals surface area contributed by atoms with Gasteiger partial charge in [-0.3, -0.25) is 9.59 Å². The molecule has 1 amide bonds. The Morgan fingerprint density at radius 2 is 2.10 bits per heavy atom. The maximum atomic E-state index is 12.9. The highest BCUT2D eigenvalue weighted by atomic mass is 19.1. The fourth-order valence-electron chi connectivity index (χ4n) is 2.01. The van der Waals surface area contributed by atoms with Crippen LogP contribution in [0.15, 0.2) is 18.2 Å². The number of rotatable bonds is 7. The van der Waals surface area contributed by atoms with Gasteiger partial charge < -0.3 is 10.4 Å². The molecule has 0 saturated carbocycles. The summed E-state index contributed by atoms with van der Waals surface area (Å²) in [6.45, 7) is 4.22. The predicted octanol–water partition coefficient (Wildman–Crippen LogP) is 2.09. The van der Waals surface area contributed by atoms with Crippen molar-refractivity contribution in [3.8, 4) is 0 Å². The number of hydrogen-bond acceptors (Lipinski definition) is 3. The lowest BCUT2D eigenvalue weighted by molar-refractivity contribution is -0.138. The van der Waals surface area contributed by atoms with Crippen LogP contribution in [0, 0.1) is 17.8 Å². The molecule has 0 radical (unpaired) electrons. The zero-order chi connectivity index (χ0) is 15.1. The Bertz CT molecular complexity index is 477. The Morgan fingerprint density at radius 1 is 1.40 bits per heavy atom. The molecule has 6 heteroatoms. The third kappa shape index (κ3) is 5.77. The number of carbonyl (C=O) groups excluding carboxylic acids is 1. The quantitative estimate of drug-likeness (QED) is 0.750. The molecular formula is C14H19FN2O3. The smallest absolute Gasteiger partial charge is 0.303 e. The van der Waals surface area contributed by atoms with Crippen molar-refractivity contribution in [2.24, 2.45) is 11.8 Å². The predicted molar refractivity (Wildman–Crippen MR) is 71.7 cm³/mol. The van der Waals surface area contributed by atoms with E-state index in [1.54, 1.807) is 0 Å². The van der Waals surface area contributed by atoms with Crippen molar-refractivity contribution in [2.45, 2.75) is 26.7 Å². The summed E-state index contributed by atoms with van der Waals surface area (Å²) in [6, 6.07) is 3.97. The summed E-state index contributed by atoms with van der Waals surface area (Å²) >= 11 is 0. The second kappa shape index (κ2) is 7.57. The first-order valence-corrected chi connectivity index (χ1v) is 6.51. The van der Waals surface area contributed by atoms with Crippen molar-refractivity contribution >= 4 is 11.9 Å². The van der Waals surface area contributed by atoms with Gasteiger partial charge in [0.1, 0.15) is 5.69 Å². The third-order valence-corrected chi connectivity index (χ3v) is 2.77. The van der Waals surface area contributed by atoms with Crippen LogP contribution in [0.25, 0.3) is 0 Å². The molecule has 1 atom stereocenters. The van der Waals surface area contributed by atoms with Crippen LogP contribution >= 0.6 is 0 Å². The van der Waals surface area contributed by atoms with Crippen LogP contribution in [0.2, 0.25) is 0 Å². The zero-order valence-electron chi connectivity index (χ0n) is 11.6. The summed E-state index contributed by atoms with van der Waals surface area (Å²) in [5.74, 6) is -1.92. The molecule has 0 aromatic carbocycles. The second-order valence-electron chi connectivity index (χ2n) is 5.15. The summed E-state index contributed by atoms with van der Waals surface area (Å²) < 4.78 is 12.9. The van der Waals surface area contributed by atoms with E-state index in [4.69, 9.17) is 5.11 Å². The fraction of sp³-hybridized carbons (Fsp3) is 0.500. The third-order valence-electron chi connectivity index (χ3n) is 2.77. The van der Waals surface area contributed by atoms with Gasteiger partial charge in [0.05, 0.1) is 0 Å². The minimum absolute atomic E-state index is 0.00492. The molecule has 110 valence electrons. The van der Waals surface area contributed by atoms with Gasteiger partial charge in [0.15, 0.2) is 0 Å². The minimum atomic E-state index is -0.895. The Hall–Kier alpha value is -1.98. The van der Waals surface area contributed by atoms with E-state index in [1.165, 1.54) is 12.1 Å². The number of carboxylic acids is 1. The lowest BCUT2D eigenvalue weighted by Gasteiger charge is -2.17. The first kappa shape index (κ1) is 16.1. The molecule has 0 spiro atoms. The number of pyridine rings is 1. The van der Waals surface area contributed by atoms with Crippen LogP contribution in [0.1, 0.15) is 37.2 Å². The molecule has 20 heavy (non-hydrogen) atoms. The van der Waals surface area contributed by atoms with Crippen molar-refractivity contribution in [2.75, 3.05) is 6.54 Å². The number of hydrogen-bond donors (Lipinski definition) is 2. The van der Waals surface area contributed by atoms with Gasteiger partial charge in [-0.1, -0.05) is 19.9 Å². The molecule has 0 aliphatic heterocycles. The SMILES string of the molecule is CC(C)CC(CNC(=O)c1cccc(F)n1)CC(=O)O. The van der Waals surface area contributed by atoms with Gasteiger partial charge >= 0.3 is 5.97 Å². The van der Waals surface area contributed by atoms with Crippen LogP contribution in [0.3, 0.4) is 0 Å². The molecule has 1 heterocycles. The molecule has 1 aromatic rings. The van der Waals surface area contributed by atoms with Crippen LogP contribution in [0.5, 0.6) is 0 Å². The first-order chi connectivity index (χ1) is 9.38. The first-order valence-electron chi connectivity index (χ1n) is 6.51. The summed E-state index contributed by atoms with van der Waals surface area (Å²) in [5.41, 5.74) is -0.0105. The normalized spacial score (nSPS) is 12.2. The van der Waals surface area contributed by atoms with E-state index in [0.29, 0.717) is 12.3 Å². The number of aliphatic carboxylic acids is 1. The number of nitrogens with one attached hydrogen (secondary N) is 1. The minimum Gasteiger partial charge on any atom is -0.481 e. The van der Waals surface area contributed by atoms with Gasteiger partial charge in [-0.2, -0.15) is 4.39 Å². The largest absolute Gasteiger partial charge is 0.481 e. The summed E-state index contributed by atoms with van der Waals surface area (Å²) in [5, 5.41) is 11.4. The van der Waals surface area contributed by atoms with Crippen LogP contribution in [0.4, 0.5) is 4.39 Å². The van der Waals surface area contributed by atoms with Crippen molar-refractivity contribution in [3.63, 3.8) is 0 Å². The molecule has 0 bridgehead atoms. The molecule has 1 rings (SSSR count). The van der Waals surface area contributed by atoms with Gasteiger partial charge in [0.2, 0.25) is 5.95 Å². The van der Waals surface area contributed by atoms with Crippen molar-refractivity contribution in [1.29, 1.82) is 0 Å². The Balaban J connectivity index is 2.57. The number of nitrogens with zero attached hydrogens (tertiary/aromatic N) is 1. The van der Waals surface area contributed by atoms with E-state index < -0.39 is 17.8 Å². The maximum absolute atomic E-state index is 12.9. The number of aromatic nitrogens is 1. The van der Waals surface area contributed by atoms with E-state index in [1.807, 2.05) is 13.8 Å². The summed E-state index contributed by atoms with van der Waals surface area (Å²) in [6.07, 6.45) is 0.693. The molecule has 1 unspecified atom stereocenters. The molecule has 2 N–H and O–H groups in total. The van der Waals surface area contributed by atoms with Crippen molar-refractivity contribution in [1.82, 2.24) is 10.3 Å². The zero-order valence-corrected chi connectivity index (χ0v) is 11.6. The van der Waals surface area contributed by atoms with E-state index >= 15 is 0 Å². The molecule has 0 aliphatic carbocycles. The molecule has 0 fully saturated rings. The monoisotopic (exact) mass is 282 g/mol. The Morgan fingerprint density at radius 3 is 2.65 bits per heavy atom. The van der Waals surface area contributed by atoms with Gasteiger partial charge in [0.25, 0.3) is 5.91 Å².